The Morgan fingerprint density at radius 3 is 3.00 bits per heavy atom. The van der Waals surface area contributed by atoms with Crippen molar-refractivity contribution in [3.8, 4) is 17.0 Å². The fourth-order valence-electron chi connectivity index (χ4n) is 3.66. The van der Waals surface area contributed by atoms with Crippen molar-refractivity contribution < 1.29 is 9.53 Å². The molecule has 9 heteroatoms. The number of ether oxygens (including phenoxy) is 1. The summed E-state index contributed by atoms with van der Waals surface area (Å²) in [6.45, 7) is 2.48. The quantitative estimate of drug-likeness (QED) is 0.427. The van der Waals surface area contributed by atoms with Gasteiger partial charge in [0.05, 0.1) is 23.0 Å². The predicted molar refractivity (Wildman–Crippen MR) is 122 cm³/mol. The molecule has 0 unspecified atom stereocenters. The summed E-state index contributed by atoms with van der Waals surface area (Å²) in [5.41, 5.74) is 4.23. The van der Waals surface area contributed by atoms with Crippen molar-refractivity contribution in [2.45, 2.75) is 37.4 Å². The molecule has 1 atom stereocenters. The molecule has 1 N–H and O–H groups in total. The molecule has 1 aliphatic rings. The van der Waals surface area contributed by atoms with E-state index < -0.39 is 0 Å². The predicted octanol–water partition coefficient (Wildman–Crippen LogP) is 3.94. The molecule has 7 nitrogen and oxygen atoms in total. The smallest absolute Gasteiger partial charge is 0.269 e. The fraction of sp³-hybridized carbons (Fsp3) is 0.364. The van der Waals surface area contributed by atoms with Gasteiger partial charge in [0.25, 0.3) is 5.91 Å². The number of hydrogen-bond donors (Lipinski definition) is 1. The second-order valence-electron chi connectivity index (χ2n) is 7.42. The van der Waals surface area contributed by atoms with Gasteiger partial charge >= 0.3 is 0 Å². The van der Waals surface area contributed by atoms with Gasteiger partial charge in [-0.25, -0.2) is 9.97 Å². The molecule has 0 aliphatic carbocycles. The molecule has 1 aliphatic heterocycles. The fourth-order valence-corrected chi connectivity index (χ4v) is 4.30. The Kier molecular flexibility index (Phi) is 6.48. The highest BCUT2D eigenvalue weighted by molar-refractivity contribution is 7.98. The summed E-state index contributed by atoms with van der Waals surface area (Å²) in [7, 11) is 1.78. The Morgan fingerprint density at radius 1 is 1.39 bits per heavy atom. The number of rotatable bonds is 7. The molecular weight excluding hydrogens is 434 g/mol. The van der Waals surface area contributed by atoms with Crippen molar-refractivity contribution in [3.63, 3.8) is 0 Å². The number of carbonyl (C=O) groups excluding carboxylic acids is 1. The number of nitrogens with one attached hydrogen (secondary N) is 1. The summed E-state index contributed by atoms with van der Waals surface area (Å²) in [5, 5.41) is 8.61. The number of fused-ring (bicyclic) bond motifs is 1. The number of hydrogen-bond acceptors (Lipinski definition) is 6. The minimum Gasteiger partial charge on any atom is -0.486 e. The Bertz CT molecular complexity index is 1120. The molecule has 0 fully saturated rings. The van der Waals surface area contributed by atoms with E-state index in [0.29, 0.717) is 34.6 Å². The van der Waals surface area contributed by atoms with Crippen LogP contribution >= 0.6 is 23.4 Å². The highest BCUT2D eigenvalue weighted by Gasteiger charge is 2.27. The lowest BCUT2D eigenvalue weighted by molar-refractivity contribution is 0.0924. The third-order valence-electron chi connectivity index (χ3n) is 5.12. The van der Waals surface area contributed by atoms with Crippen LogP contribution in [-0.2, 0) is 19.9 Å². The van der Waals surface area contributed by atoms with Crippen LogP contribution in [0.2, 0.25) is 5.02 Å². The normalized spacial score (nSPS) is 14.9. The summed E-state index contributed by atoms with van der Waals surface area (Å²) < 4.78 is 7.65. The van der Waals surface area contributed by atoms with Gasteiger partial charge in [-0.3, -0.25) is 9.48 Å². The third-order valence-corrected chi connectivity index (χ3v) is 5.97. The number of aryl methyl sites for hydroxylation is 2. The lowest BCUT2D eigenvalue weighted by atomic mass is 10.0. The van der Waals surface area contributed by atoms with Gasteiger partial charge in [0.1, 0.15) is 17.5 Å². The van der Waals surface area contributed by atoms with Gasteiger partial charge in [0, 0.05) is 30.8 Å². The van der Waals surface area contributed by atoms with Crippen LogP contribution in [0.5, 0.6) is 5.75 Å². The van der Waals surface area contributed by atoms with Crippen molar-refractivity contribution >= 4 is 29.3 Å². The second kappa shape index (κ2) is 9.28. The van der Waals surface area contributed by atoms with Gasteiger partial charge in [0.2, 0.25) is 0 Å². The molecule has 1 amide bonds. The second-order valence-corrected chi connectivity index (χ2v) is 8.60. The van der Waals surface area contributed by atoms with Gasteiger partial charge < -0.3 is 10.1 Å². The maximum atomic E-state index is 12.6. The van der Waals surface area contributed by atoms with E-state index in [9.17, 15) is 4.79 Å². The number of benzene rings is 1. The highest BCUT2D eigenvalue weighted by atomic mass is 35.5. The largest absolute Gasteiger partial charge is 0.486 e. The molecule has 1 aromatic carbocycles. The first-order valence-corrected chi connectivity index (χ1v) is 11.8. The molecule has 0 spiro atoms. The van der Waals surface area contributed by atoms with E-state index in [2.05, 4.69) is 27.3 Å². The van der Waals surface area contributed by atoms with Gasteiger partial charge in [-0.2, -0.15) is 5.10 Å². The van der Waals surface area contributed by atoms with Crippen LogP contribution in [0, 0.1) is 0 Å². The summed E-state index contributed by atoms with van der Waals surface area (Å²) >= 11 is 8.00. The number of amides is 1. The molecule has 0 bridgehead atoms. The van der Waals surface area contributed by atoms with E-state index in [0.717, 1.165) is 35.4 Å². The summed E-state index contributed by atoms with van der Waals surface area (Å²) in [4.78, 5) is 21.4. The first kappa shape index (κ1) is 21.6. The van der Waals surface area contributed by atoms with Crippen LogP contribution in [0.1, 0.15) is 35.1 Å². The van der Waals surface area contributed by atoms with E-state index in [1.165, 1.54) is 11.8 Å². The number of carbonyl (C=O) groups is 1. The molecule has 0 saturated heterocycles. The van der Waals surface area contributed by atoms with Crippen molar-refractivity contribution in [2.24, 2.45) is 7.05 Å². The van der Waals surface area contributed by atoms with Crippen LogP contribution in [0.4, 0.5) is 0 Å². The maximum absolute atomic E-state index is 12.6. The van der Waals surface area contributed by atoms with Gasteiger partial charge in [-0.1, -0.05) is 36.7 Å². The van der Waals surface area contributed by atoms with E-state index in [1.54, 1.807) is 17.9 Å². The molecule has 2 aromatic heterocycles. The van der Waals surface area contributed by atoms with Gasteiger partial charge in [-0.05, 0) is 36.9 Å². The van der Waals surface area contributed by atoms with Gasteiger partial charge in [-0.15, -0.1) is 0 Å². The van der Waals surface area contributed by atoms with Crippen molar-refractivity contribution in [1.82, 2.24) is 25.1 Å². The third kappa shape index (κ3) is 4.70. The first-order chi connectivity index (χ1) is 15.0. The zero-order valence-electron chi connectivity index (χ0n) is 17.7. The maximum Gasteiger partial charge on any atom is 0.269 e. The lowest BCUT2D eigenvalue weighted by Crippen LogP contribution is -2.35. The first-order valence-electron chi connectivity index (χ1n) is 10.2. The minimum absolute atomic E-state index is 0.158. The SMILES string of the molecule is CCCc1cc(C(=O)NC[C@@H]2Cc3cc(-c4ccnc(SC)n4)cc(Cl)c3O2)n(C)n1. The topological polar surface area (TPSA) is 81.9 Å². The minimum atomic E-state index is -0.179. The molecule has 0 radical (unpaired) electrons. The number of aromatic nitrogens is 4. The van der Waals surface area contributed by atoms with E-state index in [-0.39, 0.29) is 12.0 Å². The zero-order chi connectivity index (χ0) is 22.0. The molecule has 3 heterocycles. The van der Waals surface area contributed by atoms with Crippen molar-refractivity contribution in [2.75, 3.05) is 12.8 Å². The Morgan fingerprint density at radius 2 is 2.23 bits per heavy atom. The molecule has 4 rings (SSSR count). The molecule has 31 heavy (non-hydrogen) atoms. The monoisotopic (exact) mass is 457 g/mol. The van der Waals surface area contributed by atoms with Crippen LogP contribution in [0.15, 0.2) is 35.6 Å². The Hall–Kier alpha value is -2.58. The van der Waals surface area contributed by atoms with E-state index >= 15 is 0 Å². The van der Waals surface area contributed by atoms with Crippen LogP contribution in [-0.4, -0.2) is 44.6 Å². The summed E-state index contributed by atoms with van der Waals surface area (Å²) in [6.07, 6.45) is 6.01. The molecular formula is C22H24ClN5O2S. The van der Waals surface area contributed by atoms with Crippen molar-refractivity contribution in [3.05, 3.63) is 52.4 Å². The zero-order valence-corrected chi connectivity index (χ0v) is 19.3. The van der Waals surface area contributed by atoms with Crippen LogP contribution in [0.3, 0.4) is 0 Å². The molecule has 3 aromatic rings. The van der Waals surface area contributed by atoms with Crippen LogP contribution < -0.4 is 10.1 Å². The standard InChI is InChI=1S/C22H24ClN5O2S/c1-4-5-15-11-19(28(2)27-15)21(29)25-12-16-9-14-8-13(10-17(23)20(14)30-16)18-6-7-24-22(26-18)31-3/h6-8,10-11,16H,4-5,9,12H2,1-3H3,(H,25,29)/t16-/m0/s1. The number of thioether (sulfide) groups is 1. The lowest BCUT2D eigenvalue weighted by Gasteiger charge is -2.12. The summed E-state index contributed by atoms with van der Waals surface area (Å²) in [6, 6.07) is 7.62. The molecule has 162 valence electrons. The Balaban J connectivity index is 1.44. The average molecular weight is 458 g/mol. The van der Waals surface area contributed by atoms with Gasteiger partial charge in [0.15, 0.2) is 5.16 Å². The molecule has 0 saturated carbocycles. The number of halogens is 1. The van der Waals surface area contributed by atoms with E-state index in [4.69, 9.17) is 16.3 Å². The van der Waals surface area contributed by atoms with E-state index in [1.807, 2.05) is 30.5 Å². The summed E-state index contributed by atoms with van der Waals surface area (Å²) in [5.74, 6) is 0.517. The number of nitrogens with zero attached hydrogens (tertiary/aromatic N) is 4. The van der Waals surface area contributed by atoms with Crippen LogP contribution in [0.25, 0.3) is 11.3 Å². The average Bonchev–Trinajstić information content (AvgIpc) is 3.35. The van der Waals surface area contributed by atoms with Crippen molar-refractivity contribution in [1.29, 1.82) is 0 Å². The Labute approximate surface area is 190 Å². The highest BCUT2D eigenvalue weighted by Crippen LogP contribution is 2.39.